The summed E-state index contributed by atoms with van der Waals surface area (Å²) in [6, 6.07) is 24.9. The quantitative estimate of drug-likeness (QED) is 0.467. The molecule has 2 aromatic heterocycles. The summed E-state index contributed by atoms with van der Waals surface area (Å²) >= 11 is 0. The van der Waals surface area contributed by atoms with E-state index >= 15 is 0 Å². The van der Waals surface area contributed by atoms with Crippen molar-refractivity contribution in [3.8, 4) is 28.5 Å². The highest BCUT2D eigenvalue weighted by Crippen LogP contribution is 2.41. The van der Waals surface area contributed by atoms with Crippen molar-refractivity contribution >= 4 is 22.0 Å². The van der Waals surface area contributed by atoms with E-state index in [4.69, 9.17) is 14.4 Å². The number of para-hydroxylation sites is 3. The van der Waals surface area contributed by atoms with E-state index < -0.39 is 0 Å². The first-order valence-electron chi connectivity index (χ1n) is 8.34. The summed E-state index contributed by atoms with van der Waals surface area (Å²) in [6.45, 7) is 0. The minimum atomic E-state index is 0.0855. The second kappa shape index (κ2) is 5.70. The maximum absolute atomic E-state index is 10.7. The lowest BCUT2D eigenvalue weighted by Crippen LogP contribution is -1.94. The summed E-state index contributed by atoms with van der Waals surface area (Å²) in [5.74, 6) is 0.422. The first kappa shape index (κ1) is 14.7. The third kappa shape index (κ3) is 2.24. The number of aromatic nitrogens is 2. The van der Waals surface area contributed by atoms with Gasteiger partial charge in [0, 0.05) is 5.56 Å². The van der Waals surface area contributed by atoms with E-state index in [1.54, 1.807) is 0 Å². The third-order valence-electron chi connectivity index (χ3n) is 4.40. The number of aromatic hydroxyl groups is 1. The molecule has 4 nitrogen and oxygen atoms in total. The fourth-order valence-corrected chi connectivity index (χ4v) is 3.15. The van der Waals surface area contributed by atoms with Crippen LogP contribution in [0.15, 0.2) is 83.3 Å². The van der Waals surface area contributed by atoms with E-state index in [1.807, 2.05) is 78.9 Å². The summed E-state index contributed by atoms with van der Waals surface area (Å²) < 4.78 is 5.94. The number of furan rings is 1. The Bertz CT molecular complexity index is 1240. The number of nitrogens with zero attached hydrogens (tertiary/aromatic N) is 2. The van der Waals surface area contributed by atoms with Gasteiger partial charge in [0.15, 0.2) is 11.5 Å². The van der Waals surface area contributed by atoms with Gasteiger partial charge in [0.2, 0.25) is 0 Å². The molecule has 5 rings (SSSR count). The van der Waals surface area contributed by atoms with Crippen molar-refractivity contribution in [2.75, 3.05) is 0 Å². The second-order valence-corrected chi connectivity index (χ2v) is 6.05. The van der Waals surface area contributed by atoms with Crippen LogP contribution in [0.3, 0.4) is 0 Å². The van der Waals surface area contributed by atoms with Gasteiger partial charge in [-0.25, -0.2) is 9.97 Å². The predicted molar refractivity (Wildman–Crippen MR) is 102 cm³/mol. The summed E-state index contributed by atoms with van der Waals surface area (Å²) in [6.07, 6.45) is 0. The molecule has 0 bridgehead atoms. The van der Waals surface area contributed by atoms with E-state index in [2.05, 4.69) is 0 Å². The Morgan fingerprint density at radius 3 is 2.00 bits per heavy atom. The highest BCUT2D eigenvalue weighted by atomic mass is 16.4. The minimum Gasteiger partial charge on any atom is -0.504 e. The topological polar surface area (TPSA) is 59.2 Å². The Balaban J connectivity index is 1.87. The van der Waals surface area contributed by atoms with Crippen LogP contribution in [0.4, 0.5) is 0 Å². The zero-order valence-electron chi connectivity index (χ0n) is 13.8. The minimum absolute atomic E-state index is 0.0855. The Morgan fingerprint density at radius 2 is 1.27 bits per heavy atom. The molecule has 0 unspecified atom stereocenters. The maximum atomic E-state index is 10.7. The van der Waals surface area contributed by atoms with Gasteiger partial charge in [-0.15, -0.1) is 0 Å². The highest BCUT2D eigenvalue weighted by molar-refractivity contribution is 5.94. The Hall–Kier alpha value is -3.66. The monoisotopic (exact) mass is 338 g/mol. The summed E-state index contributed by atoms with van der Waals surface area (Å²) in [5.41, 5.74) is 4.30. The molecule has 0 amide bonds. The molecule has 0 saturated heterocycles. The van der Waals surface area contributed by atoms with Crippen LogP contribution in [0.1, 0.15) is 0 Å². The molecule has 4 heteroatoms. The first-order valence-corrected chi connectivity index (χ1v) is 8.34. The van der Waals surface area contributed by atoms with Crippen molar-refractivity contribution < 1.29 is 9.52 Å². The molecule has 0 aliphatic rings. The molecule has 1 N–H and O–H groups in total. The molecule has 0 fully saturated rings. The van der Waals surface area contributed by atoms with Gasteiger partial charge >= 0.3 is 0 Å². The van der Waals surface area contributed by atoms with Crippen LogP contribution in [0, 0.1) is 0 Å². The van der Waals surface area contributed by atoms with Gasteiger partial charge in [-0.05, 0) is 24.3 Å². The average molecular weight is 338 g/mol. The average Bonchev–Trinajstić information content (AvgIpc) is 3.04. The summed E-state index contributed by atoms with van der Waals surface area (Å²) in [7, 11) is 0. The van der Waals surface area contributed by atoms with Gasteiger partial charge in [-0.2, -0.15) is 0 Å². The van der Waals surface area contributed by atoms with Crippen molar-refractivity contribution in [2.45, 2.75) is 0 Å². The summed E-state index contributed by atoms with van der Waals surface area (Å²) in [4.78, 5) is 9.56. The number of hydrogen-bond donors (Lipinski definition) is 1. The van der Waals surface area contributed by atoms with Crippen LogP contribution in [-0.2, 0) is 0 Å². The molecule has 0 saturated carbocycles. The van der Waals surface area contributed by atoms with Crippen LogP contribution in [0.2, 0.25) is 0 Å². The fourth-order valence-electron chi connectivity index (χ4n) is 3.15. The van der Waals surface area contributed by atoms with Crippen molar-refractivity contribution in [1.29, 1.82) is 0 Å². The molecule has 0 atom stereocenters. The van der Waals surface area contributed by atoms with Gasteiger partial charge in [0.05, 0.1) is 16.4 Å². The van der Waals surface area contributed by atoms with Gasteiger partial charge < -0.3 is 9.52 Å². The lowest BCUT2D eigenvalue weighted by molar-refractivity contribution is 0.470. The van der Waals surface area contributed by atoms with Crippen LogP contribution in [0.25, 0.3) is 44.7 Å². The zero-order valence-corrected chi connectivity index (χ0v) is 13.8. The smallest absolute Gasteiger partial charge is 0.197 e. The number of hydrogen-bond acceptors (Lipinski definition) is 4. The van der Waals surface area contributed by atoms with Crippen LogP contribution in [-0.4, -0.2) is 15.1 Å². The summed E-state index contributed by atoms with van der Waals surface area (Å²) in [5, 5.41) is 11.4. The largest absolute Gasteiger partial charge is 0.504 e. The standard InChI is InChI=1S/C22H14N2O2/c25-21-15-10-4-7-13-18(15)26-22(21)20-19(14-8-2-1-3-9-14)23-16-11-5-6-12-17(16)24-20/h1-13,25H. The van der Waals surface area contributed by atoms with Crippen LogP contribution in [0.5, 0.6) is 5.75 Å². The molecule has 124 valence electrons. The molecule has 5 aromatic rings. The molecule has 0 spiro atoms. The lowest BCUT2D eigenvalue weighted by Gasteiger charge is -2.08. The predicted octanol–water partition coefficient (Wildman–Crippen LogP) is 5.42. The number of fused-ring (bicyclic) bond motifs is 2. The Labute approximate surface area is 149 Å². The van der Waals surface area contributed by atoms with Crippen molar-refractivity contribution in [3.63, 3.8) is 0 Å². The highest BCUT2D eigenvalue weighted by Gasteiger charge is 2.21. The number of benzene rings is 3. The van der Waals surface area contributed by atoms with Gasteiger partial charge in [-0.3, -0.25) is 0 Å². The molecule has 0 radical (unpaired) electrons. The van der Waals surface area contributed by atoms with Gasteiger partial charge in [0.25, 0.3) is 0 Å². The molecule has 2 heterocycles. The van der Waals surface area contributed by atoms with Crippen LogP contribution < -0.4 is 0 Å². The maximum Gasteiger partial charge on any atom is 0.197 e. The molecular formula is C22H14N2O2. The first-order chi connectivity index (χ1) is 12.8. The van der Waals surface area contributed by atoms with Crippen molar-refractivity contribution in [2.24, 2.45) is 0 Å². The van der Waals surface area contributed by atoms with Crippen LogP contribution >= 0.6 is 0 Å². The Morgan fingerprint density at radius 1 is 0.654 bits per heavy atom. The van der Waals surface area contributed by atoms with Crippen molar-refractivity contribution in [3.05, 3.63) is 78.9 Å². The van der Waals surface area contributed by atoms with Gasteiger partial charge in [-0.1, -0.05) is 54.6 Å². The lowest BCUT2D eigenvalue weighted by atomic mass is 10.1. The van der Waals surface area contributed by atoms with Gasteiger partial charge in [0.1, 0.15) is 17.0 Å². The Kier molecular flexibility index (Phi) is 3.22. The SMILES string of the molecule is Oc1c(-c2nc3ccccc3nc2-c2ccccc2)oc2ccccc12. The molecule has 26 heavy (non-hydrogen) atoms. The fraction of sp³-hybridized carbons (Fsp3) is 0. The second-order valence-electron chi connectivity index (χ2n) is 6.05. The normalized spacial score (nSPS) is 11.2. The zero-order chi connectivity index (χ0) is 17.5. The van der Waals surface area contributed by atoms with E-state index in [-0.39, 0.29) is 5.75 Å². The van der Waals surface area contributed by atoms with E-state index in [0.717, 1.165) is 16.6 Å². The van der Waals surface area contributed by atoms with E-state index in [1.165, 1.54) is 0 Å². The molecular weight excluding hydrogens is 324 g/mol. The molecule has 3 aromatic carbocycles. The molecule has 0 aliphatic carbocycles. The van der Waals surface area contributed by atoms with E-state index in [0.29, 0.717) is 28.1 Å². The van der Waals surface area contributed by atoms with Crippen molar-refractivity contribution in [1.82, 2.24) is 9.97 Å². The number of rotatable bonds is 2. The molecule has 0 aliphatic heterocycles. The third-order valence-corrected chi connectivity index (χ3v) is 4.40. The van der Waals surface area contributed by atoms with E-state index in [9.17, 15) is 5.11 Å².